The largest absolute Gasteiger partial charge is 0.472 e. The van der Waals surface area contributed by atoms with Crippen LogP contribution in [0.5, 0.6) is 0 Å². The Morgan fingerprint density at radius 2 is 1.75 bits per heavy atom. The van der Waals surface area contributed by atoms with Crippen molar-refractivity contribution < 1.29 is 4.42 Å². The molecule has 2 aromatic heterocycles. The second-order valence-electron chi connectivity index (χ2n) is 8.90. The van der Waals surface area contributed by atoms with Crippen LogP contribution in [0.4, 0.5) is 5.82 Å². The van der Waals surface area contributed by atoms with Crippen LogP contribution in [0.2, 0.25) is 0 Å². The lowest BCUT2D eigenvalue weighted by molar-refractivity contribution is 0.202. The lowest BCUT2D eigenvalue weighted by atomic mass is 10.1. The standard InChI is InChI=1S/C26H37N5O/c1-5-25-24(19-30(21(3)4)18-22-12-17-32-20-22)26(29-15-13-28(6-2)14-16-29)31(27-25)23-10-8-7-9-11-23/h7-12,17,20-21H,5-6,13-16,18-19H2,1-4H3. The van der Waals surface area contributed by atoms with Gasteiger partial charge in [0, 0.05) is 56.4 Å². The zero-order valence-electron chi connectivity index (χ0n) is 20.0. The molecule has 3 heterocycles. The van der Waals surface area contributed by atoms with E-state index in [2.05, 4.69) is 83.5 Å². The maximum Gasteiger partial charge on any atom is 0.137 e. The van der Waals surface area contributed by atoms with Crippen molar-refractivity contribution in [2.75, 3.05) is 37.6 Å². The van der Waals surface area contributed by atoms with Gasteiger partial charge in [-0.05, 0) is 45.0 Å². The van der Waals surface area contributed by atoms with Crippen molar-refractivity contribution in [2.24, 2.45) is 0 Å². The maximum absolute atomic E-state index is 5.34. The molecule has 1 aliphatic rings. The van der Waals surface area contributed by atoms with E-state index < -0.39 is 0 Å². The first kappa shape index (κ1) is 22.6. The average Bonchev–Trinajstić information content (AvgIpc) is 3.47. The van der Waals surface area contributed by atoms with Crippen molar-refractivity contribution in [3.05, 3.63) is 65.7 Å². The van der Waals surface area contributed by atoms with Crippen LogP contribution >= 0.6 is 0 Å². The van der Waals surface area contributed by atoms with Gasteiger partial charge in [-0.2, -0.15) is 5.10 Å². The summed E-state index contributed by atoms with van der Waals surface area (Å²) in [6.45, 7) is 16.1. The third-order valence-electron chi connectivity index (χ3n) is 6.55. The number of hydrogen-bond donors (Lipinski definition) is 0. The highest BCUT2D eigenvalue weighted by Crippen LogP contribution is 2.31. The summed E-state index contributed by atoms with van der Waals surface area (Å²) in [7, 11) is 0. The Bertz CT molecular complexity index is 956. The smallest absolute Gasteiger partial charge is 0.137 e. The molecule has 32 heavy (non-hydrogen) atoms. The SMILES string of the molecule is CCc1nn(-c2ccccc2)c(N2CCN(CC)CC2)c1CN(Cc1ccoc1)C(C)C. The van der Waals surface area contributed by atoms with Crippen molar-refractivity contribution in [2.45, 2.75) is 53.2 Å². The van der Waals surface area contributed by atoms with Gasteiger partial charge in [0.2, 0.25) is 0 Å². The molecule has 0 aliphatic carbocycles. The summed E-state index contributed by atoms with van der Waals surface area (Å²) in [6.07, 6.45) is 4.54. The summed E-state index contributed by atoms with van der Waals surface area (Å²) in [5.74, 6) is 1.27. The summed E-state index contributed by atoms with van der Waals surface area (Å²) < 4.78 is 7.52. The van der Waals surface area contributed by atoms with E-state index in [0.29, 0.717) is 6.04 Å². The Labute approximate surface area is 192 Å². The van der Waals surface area contributed by atoms with Crippen molar-refractivity contribution in [1.82, 2.24) is 19.6 Å². The maximum atomic E-state index is 5.34. The van der Waals surface area contributed by atoms with Crippen molar-refractivity contribution in [1.29, 1.82) is 0 Å². The van der Waals surface area contributed by atoms with E-state index in [1.165, 1.54) is 22.6 Å². The highest BCUT2D eigenvalue weighted by Gasteiger charge is 2.27. The highest BCUT2D eigenvalue weighted by atomic mass is 16.3. The second kappa shape index (κ2) is 10.4. The fourth-order valence-corrected chi connectivity index (χ4v) is 4.52. The fourth-order valence-electron chi connectivity index (χ4n) is 4.52. The van der Waals surface area contributed by atoms with Gasteiger partial charge in [-0.15, -0.1) is 0 Å². The predicted octanol–water partition coefficient (Wildman–Crippen LogP) is 4.58. The van der Waals surface area contributed by atoms with Crippen molar-refractivity contribution >= 4 is 5.82 Å². The molecule has 0 N–H and O–H groups in total. The zero-order valence-corrected chi connectivity index (χ0v) is 20.0. The molecular weight excluding hydrogens is 398 g/mol. The third-order valence-corrected chi connectivity index (χ3v) is 6.55. The molecule has 4 rings (SSSR count). The molecule has 0 amide bonds. The number of furan rings is 1. The molecule has 0 saturated carbocycles. The number of piperazine rings is 1. The molecule has 1 aliphatic heterocycles. The van der Waals surface area contributed by atoms with Gasteiger partial charge in [-0.25, -0.2) is 4.68 Å². The van der Waals surface area contributed by atoms with Crippen LogP contribution in [-0.4, -0.2) is 58.3 Å². The number of nitrogens with zero attached hydrogens (tertiary/aromatic N) is 5. The number of anilines is 1. The molecule has 3 aromatic rings. The second-order valence-corrected chi connectivity index (χ2v) is 8.90. The Morgan fingerprint density at radius 1 is 1.00 bits per heavy atom. The van der Waals surface area contributed by atoms with Gasteiger partial charge in [0.05, 0.1) is 23.9 Å². The van der Waals surface area contributed by atoms with Crippen LogP contribution in [0.1, 0.15) is 44.5 Å². The number of rotatable bonds is 9. The monoisotopic (exact) mass is 435 g/mol. The van der Waals surface area contributed by atoms with E-state index >= 15 is 0 Å². The number of hydrogen-bond acceptors (Lipinski definition) is 5. The van der Waals surface area contributed by atoms with Crippen LogP contribution in [0.25, 0.3) is 5.69 Å². The number of likely N-dealkylation sites (N-methyl/N-ethyl adjacent to an activating group) is 1. The van der Waals surface area contributed by atoms with Gasteiger partial charge in [0.15, 0.2) is 0 Å². The van der Waals surface area contributed by atoms with Gasteiger partial charge in [0.25, 0.3) is 0 Å². The molecule has 1 saturated heterocycles. The van der Waals surface area contributed by atoms with Crippen LogP contribution in [-0.2, 0) is 19.5 Å². The fraction of sp³-hybridized carbons (Fsp3) is 0.500. The number of benzene rings is 1. The molecular formula is C26H37N5O. The molecule has 6 heteroatoms. The van der Waals surface area contributed by atoms with Crippen LogP contribution in [0, 0.1) is 0 Å². The van der Waals surface area contributed by atoms with Gasteiger partial charge in [-0.1, -0.05) is 32.0 Å². The Morgan fingerprint density at radius 3 is 2.34 bits per heavy atom. The summed E-state index contributed by atoms with van der Waals surface area (Å²) in [5.41, 5.74) is 4.90. The first-order chi connectivity index (χ1) is 15.6. The lowest BCUT2D eigenvalue weighted by Gasteiger charge is -2.36. The summed E-state index contributed by atoms with van der Waals surface area (Å²) in [4.78, 5) is 7.60. The molecule has 1 aromatic carbocycles. The van der Waals surface area contributed by atoms with Crippen LogP contribution in [0.3, 0.4) is 0 Å². The van der Waals surface area contributed by atoms with Crippen molar-refractivity contribution in [3.63, 3.8) is 0 Å². The van der Waals surface area contributed by atoms with Gasteiger partial charge >= 0.3 is 0 Å². The minimum Gasteiger partial charge on any atom is -0.472 e. The van der Waals surface area contributed by atoms with Gasteiger partial charge in [-0.3, -0.25) is 4.90 Å². The predicted molar refractivity (Wildman–Crippen MR) is 130 cm³/mol. The zero-order chi connectivity index (χ0) is 22.5. The van der Waals surface area contributed by atoms with E-state index in [9.17, 15) is 0 Å². The molecule has 1 fully saturated rings. The molecule has 6 nitrogen and oxygen atoms in total. The van der Waals surface area contributed by atoms with E-state index in [0.717, 1.165) is 57.9 Å². The van der Waals surface area contributed by atoms with E-state index in [1.54, 1.807) is 6.26 Å². The topological polar surface area (TPSA) is 40.7 Å². The van der Waals surface area contributed by atoms with E-state index in [1.807, 2.05) is 6.26 Å². The molecule has 0 radical (unpaired) electrons. The molecule has 0 unspecified atom stereocenters. The van der Waals surface area contributed by atoms with E-state index in [4.69, 9.17) is 9.52 Å². The highest BCUT2D eigenvalue weighted by molar-refractivity contribution is 5.56. The lowest BCUT2D eigenvalue weighted by Crippen LogP contribution is -2.47. The quantitative estimate of drug-likeness (QED) is 0.492. The summed E-state index contributed by atoms with van der Waals surface area (Å²) >= 11 is 0. The number of para-hydroxylation sites is 1. The van der Waals surface area contributed by atoms with Crippen molar-refractivity contribution in [3.8, 4) is 5.69 Å². The minimum absolute atomic E-state index is 0.416. The Balaban J connectivity index is 1.73. The van der Waals surface area contributed by atoms with Crippen LogP contribution < -0.4 is 4.90 Å². The molecule has 172 valence electrons. The third kappa shape index (κ3) is 4.92. The Hall–Kier alpha value is -2.57. The number of aryl methyl sites for hydroxylation is 1. The molecule has 0 atom stereocenters. The molecule has 0 spiro atoms. The first-order valence-corrected chi connectivity index (χ1v) is 12.0. The number of aromatic nitrogens is 2. The first-order valence-electron chi connectivity index (χ1n) is 12.0. The minimum atomic E-state index is 0.416. The summed E-state index contributed by atoms with van der Waals surface area (Å²) in [5, 5.41) is 5.14. The summed E-state index contributed by atoms with van der Waals surface area (Å²) in [6, 6.07) is 13.1. The Kier molecular flexibility index (Phi) is 7.33. The van der Waals surface area contributed by atoms with Gasteiger partial charge < -0.3 is 14.2 Å². The van der Waals surface area contributed by atoms with E-state index in [-0.39, 0.29) is 0 Å². The van der Waals surface area contributed by atoms with Crippen LogP contribution in [0.15, 0.2) is 53.3 Å². The average molecular weight is 436 g/mol. The van der Waals surface area contributed by atoms with Gasteiger partial charge in [0.1, 0.15) is 5.82 Å². The molecule has 0 bridgehead atoms. The normalized spacial score (nSPS) is 15.2.